The first-order chi connectivity index (χ1) is 16.1. The Morgan fingerprint density at radius 2 is 1.85 bits per heavy atom. The average molecular weight is 492 g/mol. The molecule has 3 aromatic heterocycles. The number of nitrogens with zero attached hydrogens (tertiary/aromatic N) is 6. The highest BCUT2D eigenvalue weighted by molar-refractivity contribution is 7.16. The van der Waals surface area contributed by atoms with Crippen LogP contribution in [0, 0.1) is 11.6 Å². The summed E-state index contributed by atoms with van der Waals surface area (Å²) >= 11 is 0.818. The highest BCUT2D eigenvalue weighted by atomic mass is 32.1. The summed E-state index contributed by atoms with van der Waals surface area (Å²) in [6.45, 7) is 0.831. The van der Waals surface area contributed by atoms with Crippen molar-refractivity contribution >= 4 is 44.6 Å². The van der Waals surface area contributed by atoms with Crippen LogP contribution in [0.5, 0.6) is 0 Å². The van der Waals surface area contributed by atoms with Crippen LogP contribution in [-0.2, 0) is 41.5 Å². The maximum absolute atomic E-state index is 14.5. The van der Waals surface area contributed by atoms with E-state index >= 15 is 0 Å². The maximum Gasteiger partial charge on any atom is 0.332 e. The van der Waals surface area contributed by atoms with E-state index < -0.39 is 47.8 Å². The summed E-state index contributed by atoms with van der Waals surface area (Å²) in [6, 6.07) is 1.74. The van der Waals surface area contributed by atoms with E-state index in [1.54, 1.807) is 6.92 Å². The molecule has 0 bridgehead atoms. The van der Waals surface area contributed by atoms with E-state index in [0.29, 0.717) is 6.07 Å². The first kappa shape index (κ1) is 23.2. The van der Waals surface area contributed by atoms with Crippen molar-refractivity contribution in [3.8, 4) is 0 Å². The third-order valence-corrected chi connectivity index (χ3v) is 6.06. The first-order valence-electron chi connectivity index (χ1n) is 9.94. The van der Waals surface area contributed by atoms with Crippen molar-refractivity contribution in [3.05, 3.63) is 55.7 Å². The number of imidazole rings is 1. The topological polar surface area (TPSA) is 122 Å². The minimum atomic E-state index is -0.922. The molecular formula is C20H18F2N6O5S. The number of halogens is 2. The molecule has 0 spiro atoms. The summed E-state index contributed by atoms with van der Waals surface area (Å²) in [5.74, 6) is -3.18. The van der Waals surface area contributed by atoms with Crippen LogP contribution >= 0.6 is 11.3 Å². The van der Waals surface area contributed by atoms with Crippen molar-refractivity contribution in [1.29, 1.82) is 0 Å². The van der Waals surface area contributed by atoms with Gasteiger partial charge in [0, 0.05) is 20.2 Å². The molecule has 0 saturated carbocycles. The van der Waals surface area contributed by atoms with E-state index in [0.717, 1.165) is 26.5 Å². The monoisotopic (exact) mass is 492 g/mol. The van der Waals surface area contributed by atoms with Gasteiger partial charge >= 0.3 is 11.7 Å². The minimum Gasteiger partial charge on any atom is -0.465 e. The lowest BCUT2D eigenvalue weighted by molar-refractivity contribution is -0.143. The number of amides is 1. The van der Waals surface area contributed by atoms with Gasteiger partial charge in [0.15, 0.2) is 21.8 Å². The normalized spacial score (nSPS) is 12.1. The second-order valence-corrected chi connectivity index (χ2v) is 8.28. The third-order valence-electron chi connectivity index (χ3n) is 5.03. The van der Waals surface area contributed by atoms with Gasteiger partial charge in [0.25, 0.3) is 11.5 Å². The Hall–Kier alpha value is -3.94. The van der Waals surface area contributed by atoms with Crippen molar-refractivity contribution in [2.75, 3.05) is 6.61 Å². The van der Waals surface area contributed by atoms with Crippen LogP contribution in [0.3, 0.4) is 0 Å². The number of hydrogen-bond donors (Lipinski definition) is 0. The number of carbonyl (C=O) groups excluding carboxylic acids is 2. The smallest absolute Gasteiger partial charge is 0.332 e. The van der Waals surface area contributed by atoms with Crippen molar-refractivity contribution < 1.29 is 23.1 Å². The van der Waals surface area contributed by atoms with Gasteiger partial charge < -0.3 is 13.9 Å². The van der Waals surface area contributed by atoms with E-state index in [1.807, 2.05) is 0 Å². The van der Waals surface area contributed by atoms with Crippen molar-refractivity contribution in [2.45, 2.75) is 20.0 Å². The molecule has 0 unspecified atom stereocenters. The molecule has 0 atom stereocenters. The molecule has 0 aliphatic carbocycles. The van der Waals surface area contributed by atoms with E-state index in [9.17, 15) is 28.0 Å². The van der Waals surface area contributed by atoms with E-state index in [2.05, 4.69) is 9.98 Å². The molecule has 1 amide bonds. The lowest BCUT2D eigenvalue weighted by atomic mass is 10.3. The molecule has 0 saturated heterocycles. The highest BCUT2D eigenvalue weighted by Crippen LogP contribution is 2.22. The van der Waals surface area contributed by atoms with Gasteiger partial charge in [-0.15, -0.1) is 0 Å². The number of esters is 1. The summed E-state index contributed by atoms with van der Waals surface area (Å²) in [5.41, 5.74) is -1.18. The number of aromatic nitrogens is 5. The van der Waals surface area contributed by atoms with Crippen LogP contribution in [0.4, 0.5) is 8.78 Å². The van der Waals surface area contributed by atoms with Gasteiger partial charge in [-0.25, -0.2) is 18.6 Å². The Kier molecular flexibility index (Phi) is 6.00. The lowest BCUT2D eigenvalue weighted by Crippen LogP contribution is -2.37. The molecule has 0 fully saturated rings. The average Bonchev–Trinajstić information content (AvgIpc) is 3.32. The molecule has 0 N–H and O–H groups in total. The molecule has 0 aliphatic heterocycles. The van der Waals surface area contributed by atoms with Crippen molar-refractivity contribution in [2.24, 2.45) is 19.1 Å². The number of carbonyl (C=O) groups is 2. The summed E-state index contributed by atoms with van der Waals surface area (Å²) in [6.07, 6.45) is 1.23. The zero-order valence-electron chi connectivity index (χ0n) is 18.2. The zero-order valence-corrected chi connectivity index (χ0v) is 19.1. The Balaban J connectivity index is 1.81. The van der Waals surface area contributed by atoms with Crippen LogP contribution in [0.15, 0.2) is 33.0 Å². The molecule has 4 aromatic rings. The Bertz CT molecular complexity index is 1660. The van der Waals surface area contributed by atoms with Crippen LogP contribution in [0.1, 0.15) is 6.92 Å². The highest BCUT2D eigenvalue weighted by Gasteiger charge is 2.18. The number of hydrogen-bond acceptors (Lipinski definition) is 7. The molecule has 0 aliphatic rings. The summed E-state index contributed by atoms with van der Waals surface area (Å²) in [5, 5.41) is 0. The number of thiazole rings is 1. The van der Waals surface area contributed by atoms with Gasteiger partial charge in [0.2, 0.25) is 0 Å². The van der Waals surface area contributed by atoms with Crippen molar-refractivity contribution in [3.63, 3.8) is 0 Å². The molecule has 4 rings (SSSR count). The van der Waals surface area contributed by atoms with Crippen molar-refractivity contribution in [1.82, 2.24) is 23.3 Å². The summed E-state index contributed by atoms with van der Waals surface area (Å²) in [7, 11) is 2.74. The number of rotatable bonds is 5. The summed E-state index contributed by atoms with van der Waals surface area (Å²) in [4.78, 5) is 57.4. The maximum atomic E-state index is 14.5. The largest absolute Gasteiger partial charge is 0.465 e. The van der Waals surface area contributed by atoms with Gasteiger partial charge in [-0.1, -0.05) is 11.3 Å². The van der Waals surface area contributed by atoms with Gasteiger partial charge in [0.1, 0.15) is 18.9 Å². The first-order valence-corrected chi connectivity index (χ1v) is 10.8. The summed E-state index contributed by atoms with van der Waals surface area (Å²) < 4.78 is 37.7. The van der Waals surface area contributed by atoms with Crippen LogP contribution in [0.25, 0.3) is 21.4 Å². The fraction of sp³-hybridized carbons (Fsp3) is 0.300. The second-order valence-electron chi connectivity index (χ2n) is 7.27. The molecule has 3 heterocycles. The Labute approximate surface area is 192 Å². The molecule has 1 aromatic carbocycles. The fourth-order valence-corrected chi connectivity index (χ4v) is 4.59. The van der Waals surface area contributed by atoms with Crippen LogP contribution < -0.4 is 16.1 Å². The Morgan fingerprint density at radius 3 is 2.56 bits per heavy atom. The van der Waals surface area contributed by atoms with Gasteiger partial charge in [-0.05, 0) is 13.0 Å². The SMILES string of the molecule is CCOC(=O)Cn1c(=NC(=O)Cn2cnc3c2c(=O)n(C)c(=O)n3C)sc2cc(F)cc(F)c21. The lowest BCUT2D eigenvalue weighted by Gasteiger charge is -2.06. The van der Waals surface area contributed by atoms with Crippen LogP contribution in [-0.4, -0.2) is 41.7 Å². The molecule has 178 valence electrons. The van der Waals surface area contributed by atoms with Crippen LogP contribution in [0.2, 0.25) is 0 Å². The van der Waals surface area contributed by atoms with E-state index in [1.165, 1.54) is 29.6 Å². The van der Waals surface area contributed by atoms with Gasteiger partial charge in [0.05, 0.1) is 23.2 Å². The number of ether oxygens (including phenoxy) is 1. The van der Waals surface area contributed by atoms with Gasteiger partial charge in [-0.3, -0.25) is 23.5 Å². The second kappa shape index (κ2) is 8.78. The number of aryl methyl sites for hydroxylation is 1. The van der Waals surface area contributed by atoms with E-state index in [-0.39, 0.29) is 32.8 Å². The molecule has 14 heteroatoms. The zero-order chi connectivity index (χ0) is 24.7. The molecule has 11 nitrogen and oxygen atoms in total. The fourth-order valence-electron chi connectivity index (χ4n) is 3.50. The Morgan fingerprint density at radius 1 is 1.12 bits per heavy atom. The standard InChI is InChI=1S/C20H18F2N6O5S/c1-4-33-14(30)8-28-15-11(22)5-10(21)6-12(15)34-19(28)24-13(29)7-27-9-23-17-16(27)18(31)26(3)20(32)25(17)2/h5-6,9H,4,7-8H2,1-3H3. The molecule has 0 radical (unpaired) electrons. The third kappa shape index (κ3) is 3.96. The predicted molar refractivity (Wildman–Crippen MR) is 117 cm³/mol. The quantitative estimate of drug-likeness (QED) is 0.372. The van der Waals surface area contributed by atoms with E-state index in [4.69, 9.17) is 4.74 Å². The minimum absolute atomic E-state index is 0.0250. The molecular weight excluding hydrogens is 474 g/mol. The predicted octanol–water partition coefficient (Wildman–Crippen LogP) is 0.419. The number of fused-ring (bicyclic) bond motifs is 2. The molecule has 34 heavy (non-hydrogen) atoms. The number of benzene rings is 1. The van der Waals surface area contributed by atoms with Gasteiger partial charge in [-0.2, -0.15) is 4.99 Å².